The van der Waals surface area contributed by atoms with Crippen molar-refractivity contribution in [3.8, 4) is 0 Å². The van der Waals surface area contributed by atoms with E-state index in [1.807, 2.05) is 6.92 Å². The molecule has 0 saturated carbocycles. The maximum atomic E-state index is 12.3. The van der Waals surface area contributed by atoms with Crippen LogP contribution in [0.2, 0.25) is 5.02 Å². The van der Waals surface area contributed by atoms with E-state index in [9.17, 15) is 8.42 Å². The molecule has 0 unspecified atom stereocenters. The summed E-state index contributed by atoms with van der Waals surface area (Å²) in [7, 11) is -1.88. The number of nitrogens with zero attached hydrogens (tertiary/aromatic N) is 2. The highest BCUT2D eigenvalue weighted by atomic mass is 35.5. The van der Waals surface area contributed by atoms with Gasteiger partial charge in [-0.15, -0.1) is 0 Å². The van der Waals surface area contributed by atoms with E-state index in [4.69, 9.17) is 17.3 Å². The number of nitrogens with two attached hydrogens (primary N) is 1. The lowest BCUT2D eigenvalue weighted by atomic mass is 10.2. The van der Waals surface area contributed by atoms with E-state index in [0.29, 0.717) is 6.54 Å². The molecule has 1 aromatic carbocycles. The Bertz CT molecular complexity index is 756. The molecule has 8 heteroatoms. The van der Waals surface area contributed by atoms with Gasteiger partial charge in [-0.25, -0.2) is 13.1 Å². The van der Waals surface area contributed by atoms with Crippen molar-refractivity contribution in [1.29, 1.82) is 0 Å². The van der Waals surface area contributed by atoms with Gasteiger partial charge in [0.1, 0.15) is 4.90 Å². The first-order valence-electron chi connectivity index (χ1n) is 6.31. The fourth-order valence-corrected chi connectivity index (χ4v) is 3.43. The zero-order chi connectivity index (χ0) is 15.6. The molecular formula is C13H17ClN4O2S. The second-order valence-corrected chi connectivity index (χ2v) is 6.81. The number of hydrogen-bond donors (Lipinski definition) is 2. The van der Waals surface area contributed by atoms with Gasteiger partial charge in [0, 0.05) is 31.4 Å². The highest BCUT2D eigenvalue weighted by Gasteiger charge is 2.18. The third kappa shape index (κ3) is 3.44. The van der Waals surface area contributed by atoms with Crippen LogP contribution in [0.3, 0.4) is 0 Å². The number of halogens is 1. The van der Waals surface area contributed by atoms with Gasteiger partial charge in [-0.05, 0) is 24.6 Å². The molecule has 0 radical (unpaired) electrons. The molecule has 0 aliphatic carbocycles. The lowest BCUT2D eigenvalue weighted by molar-refractivity contribution is 0.581. The van der Waals surface area contributed by atoms with Gasteiger partial charge in [0.15, 0.2) is 0 Å². The summed E-state index contributed by atoms with van der Waals surface area (Å²) in [6, 6.07) is 4.67. The second-order valence-electron chi connectivity index (χ2n) is 4.67. The molecule has 1 aromatic heterocycles. The molecule has 0 amide bonds. The highest BCUT2D eigenvalue weighted by molar-refractivity contribution is 7.89. The Kier molecular flexibility index (Phi) is 4.67. The van der Waals surface area contributed by atoms with Gasteiger partial charge >= 0.3 is 0 Å². The zero-order valence-corrected chi connectivity index (χ0v) is 13.4. The average Bonchev–Trinajstić information content (AvgIpc) is 2.76. The fourth-order valence-electron chi connectivity index (χ4n) is 1.86. The van der Waals surface area contributed by atoms with Gasteiger partial charge in [0.2, 0.25) is 10.0 Å². The van der Waals surface area contributed by atoms with Gasteiger partial charge in [0.05, 0.1) is 11.2 Å². The summed E-state index contributed by atoms with van der Waals surface area (Å²) in [5, 5.41) is 4.23. The van der Waals surface area contributed by atoms with E-state index in [0.717, 1.165) is 16.8 Å². The summed E-state index contributed by atoms with van der Waals surface area (Å²) in [4.78, 5) is 0.0444. The summed E-state index contributed by atoms with van der Waals surface area (Å²) in [5.41, 5.74) is 8.00. The monoisotopic (exact) mass is 328 g/mol. The van der Waals surface area contributed by atoms with Crippen molar-refractivity contribution in [2.45, 2.75) is 24.9 Å². The first kappa shape index (κ1) is 16.0. The highest BCUT2D eigenvalue weighted by Crippen LogP contribution is 2.22. The van der Waals surface area contributed by atoms with Crippen molar-refractivity contribution in [3.05, 3.63) is 46.2 Å². The molecule has 2 rings (SSSR count). The number of sulfonamides is 1. The fraction of sp³-hybridized carbons (Fsp3) is 0.308. The molecule has 21 heavy (non-hydrogen) atoms. The molecule has 0 aliphatic heterocycles. The van der Waals surface area contributed by atoms with Crippen LogP contribution in [0.1, 0.15) is 16.8 Å². The molecular weight excluding hydrogens is 312 g/mol. The SMILES string of the molecule is Cc1c(CNS(=O)(=O)c2ccc(CN)cc2Cl)cnn1C. The number of aromatic nitrogens is 2. The van der Waals surface area contributed by atoms with Gasteiger partial charge in [0.25, 0.3) is 0 Å². The molecule has 2 aromatic rings. The van der Waals surface area contributed by atoms with E-state index < -0.39 is 10.0 Å². The summed E-state index contributed by atoms with van der Waals surface area (Å²) in [5.74, 6) is 0. The van der Waals surface area contributed by atoms with Crippen LogP contribution in [-0.4, -0.2) is 18.2 Å². The van der Waals surface area contributed by atoms with Crippen molar-refractivity contribution >= 4 is 21.6 Å². The maximum Gasteiger partial charge on any atom is 0.242 e. The van der Waals surface area contributed by atoms with Crippen LogP contribution >= 0.6 is 11.6 Å². The molecule has 0 spiro atoms. The Morgan fingerprint density at radius 2 is 2.14 bits per heavy atom. The molecule has 1 heterocycles. The minimum absolute atomic E-state index is 0.0444. The van der Waals surface area contributed by atoms with Crippen LogP contribution in [-0.2, 0) is 30.2 Å². The van der Waals surface area contributed by atoms with Gasteiger partial charge in [-0.3, -0.25) is 4.68 Å². The predicted molar refractivity (Wildman–Crippen MR) is 81.3 cm³/mol. The third-order valence-electron chi connectivity index (χ3n) is 3.31. The molecule has 6 nitrogen and oxygen atoms in total. The van der Waals surface area contributed by atoms with E-state index in [1.54, 1.807) is 30.1 Å². The molecule has 0 saturated heterocycles. The van der Waals surface area contributed by atoms with Crippen LogP contribution in [0.15, 0.2) is 29.3 Å². The summed E-state index contributed by atoms with van der Waals surface area (Å²) in [6.07, 6.45) is 1.64. The normalized spacial score (nSPS) is 11.8. The molecule has 114 valence electrons. The molecule has 0 bridgehead atoms. The minimum atomic E-state index is -3.68. The van der Waals surface area contributed by atoms with Gasteiger partial charge in [-0.1, -0.05) is 17.7 Å². The van der Waals surface area contributed by atoms with E-state index in [-0.39, 0.29) is 16.5 Å². The lowest BCUT2D eigenvalue weighted by Gasteiger charge is -2.09. The van der Waals surface area contributed by atoms with Crippen molar-refractivity contribution in [2.75, 3.05) is 0 Å². The number of benzene rings is 1. The van der Waals surface area contributed by atoms with Crippen LogP contribution in [0.4, 0.5) is 0 Å². The van der Waals surface area contributed by atoms with E-state index in [1.165, 1.54) is 6.07 Å². The topological polar surface area (TPSA) is 90.0 Å². The molecule has 0 fully saturated rings. The Labute approximate surface area is 129 Å². The van der Waals surface area contributed by atoms with Crippen molar-refractivity contribution in [2.24, 2.45) is 12.8 Å². The quantitative estimate of drug-likeness (QED) is 0.866. The third-order valence-corrected chi connectivity index (χ3v) is 5.20. The Hall–Kier alpha value is -1.41. The molecule has 0 aliphatic rings. The Morgan fingerprint density at radius 3 is 2.67 bits per heavy atom. The number of hydrogen-bond acceptors (Lipinski definition) is 4. The smallest absolute Gasteiger partial charge is 0.242 e. The van der Waals surface area contributed by atoms with Crippen LogP contribution in [0, 0.1) is 6.92 Å². The van der Waals surface area contributed by atoms with Gasteiger partial charge in [-0.2, -0.15) is 5.10 Å². The average molecular weight is 329 g/mol. The summed E-state index contributed by atoms with van der Waals surface area (Å²) >= 11 is 6.02. The molecule has 3 N–H and O–H groups in total. The van der Waals surface area contributed by atoms with Crippen LogP contribution in [0.5, 0.6) is 0 Å². The van der Waals surface area contributed by atoms with Crippen molar-refractivity contribution < 1.29 is 8.42 Å². The number of rotatable bonds is 5. The zero-order valence-electron chi connectivity index (χ0n) is 11.8. The maximum absolute atomic E-state index is 12.3. The Morgan fingerprint density at radius 1 is 1.43 bits per heavy atom. The standard InChI is InChI=1S/C13H17ClN4O2S/c1-9-11(7-16-18(9)2)8-17-21(19,20)13-4-3-10(6-15)5-12(13)14/h3-5,7,17H,6,8,15H2,1-2H3. The first-order valence-corrected chi connectivity index (χ1v) is 8.17. The molecule has 0 atom stereocenters. The summed E-state index contributed by atoms with van der Waals surface area (Å²) in [6.45, 7) is 2.35. The van der Waals surface area contributed by atoms with Crippen molar-refractivity contribution in [3.63, 3.8) is 0 Å². The Balaban J connectivity index is 2.21. The second kappa shape index (κ2) is 6.15. The van der Waals surface area contributed by atoms with E-state index >= 15 is 0 Å². The lowest BCUT2D eigenvalue weighted by Crippen LogP contribution is -2.24. The number of nitrogens with one attached hydrogen (secondary N) is 1. The van der Waals surface area contributed by atoms with Crippen LogP contribution < -0.4 is 10.5 Å². The predicted octanol–water partition coefficient (Wildman–Crippen LogP) is 1.32. The largest absolute Gasteiger partial charge is 0.326 e. The summed E-state index contributed by atoms with van der Waals surface area (Å²) < 4.78 is 28.8. The van der Waals surface area contributed by atoms with Crippen LogP contribution in [0.25, 0.3) is 0 Å². The van der Waals surface area contributed by atoms with Crippen molar-refractivity contribution in [1.82, 2.24) is 14.5 Å². The van der Waals surface area contributed by atoms with E-state index in [2.05, 4.69) is 9.82 Å². The number of aryl methyl sites for hydroxylation is 1. The minimum Gasteiger partial charge on any atom is -0.326 e. The first-order chi connectivity index (χ1) is 9.85. The van der Waals surface area contributed by atoms with Gasteiger partial charge < -0.3 is 5.73 Å².